The second-order valence-electron chi connectivity index (χ2n) is 3.09. The lowest BCUT2D eigenvalue weighted by Crippen LogP contribution is -2.20. The number of carboxylic acid groups (broad SMARTS) is 1. The Labute approximate surface area is 98.4 Å². The van der Waals surface area contributed by atoms with Crippen LogP contribution in [0.15, 0.2) is 6.20 Å². The number of alkyl halides is 3. The van der Waals surface area contributed by atoms with Crippen LogP contribution in [0.2, 0.25) is 0 Å². The maximum Gasteiger partial charge on any atom is 0.573 e. The average Bonchev–Trinajstić information content (AvgIpc) is 2.20. The van der Waals surface area contributed by atoms with E-state index in [0.717, 1.165) is 6.20 Å². The minimum Gasteiger partial charge on any atom is -0.481 e. The topological polar surface area (TPSA) is 109 Å². The van der Waals surface area contributed by atoms with Gasteiger partial charge in [0.1, 0.15) is 11.6 Å². The van der Waals surface area contributed by atoms with Gasteiger partial charge in [-0.3, -0.25) is 9.78 Å². The number of nitriles is 1. The minimum absolute atomic E-state index is 0.349. The number of hydrogen-bond donors (Lipinski definition) is 2. The fourth-order valence-corrected chi connectivity index (χ4v) is 1.16. The van der Waals surface area contributed by atoms with Gasteiger partial charge in [-0.1, -0.05) is 0 Å². The molecule has 18 heavy (non-hydrogen) atoms. The molecular weight excluding hydrogens is 255 g/mol. The van der Waals surface area contributed by atoms with Crippen molar-refractivity contribution in [1.29, 1.82) is 5.26 Å². The largest absolute Gasteiger partial charge is 0.573 e. The summed E-state index contributed by atoms with van der Waals surface area (Å²) in [4.78, 5) is 14.0. The van der Waals surface area contributed by atoms with E-state index in [4.69, 9.17) is 16.1 Å². The van der Waals surface area contributed by atoms with Crippen molar-refractivity contribution in [3.63, 3.8) is 0 Å². The molecule has 0 saturated carbocycles. The van der Waals surface area contributed by atoms with E-state index >= 15 is 0 Å². The maximum absolute atomic E-state index is 12.1. The first-order valence-corrected chi connectivity index (χ1v) is 4.39. The summed E-state index contributed by atoms with van der Waals surface area (Å²) in [6, 6.07) is 1.40. The highest BCUT2D eigenvalue weighted by Gasteiger charge is 2.34. The number of pyridine rings is 1. The normalized spacial score (nSPS) is 10.8. The number of halogens is 3. The first-order chi connectivity index (χ1) is 8.24. The van der Waals surface area contributed by atoms with E-state index < -0.39 is 35.8 Å². The lowest BCUT2D eigenvalue weighted by atomic mass is 10.1. The van der Waals surface area contributed by atoms with Crippen molar-refractivity contribution in [2.75, 3.05) is 5.73 Å². The molecule has 0 atom stereocenters. The molecule has 1 aromatic heterocycles. The molecule has 0 spiro atoms. The molecule has 0 saturated heterocycles. The zero-order valence-electron chi connectivity index (χ0n) is 8.65. The number of anilines is 1. The van der Waals surface area contributed by atoms with Crippen LogP contribution in [-0.2, 0) is 11.2 Å². The van der Waals surface area contributed by atoms with Gasteiger partial charge in [-0.15, -0.1) is 13.2 Å². The number of nitrogens with two attached hydrogens (primary N) is 1. The second-order valence-corrected chi connectivity index (χ2v) is 3.09. The fraction of sp³-hybridized carbons (Fsp3) is 0.222. The van der Waals surface area contributed by atoms with Gasteiger partial charge in [0, 0.05) is 0 Å². The second kappa shape index (κ2) is 4.79. The molecule has 96 valence electrons. The zero-order chi connectivity index (χ0) is 13.9. The number of aromatic nitrogens is 1. The molecule has 0 unspecified atom stereocenters. The van der Waals surface area contributed by atoms with Gasteiger partial charge in [0.25, 0.3) is 0 Å². The van der Waals surface area contributed by atoms with Crippen LogP contribution in [0, 0.1) is 11.3 Å². The van der Waals surface area contributed by atoms with Crippen LogP contribution >= 0.6 is 0 Å². The third kappa shape index (κ3) is 3.24. The molecule has 1 aromatic rings. The third-order valence-electron chi connectivity index (χ3n) is 1.79. The smallest absolute Gasteiger partial charge is 0.481 e. The summed E-state index contributed by atoms with van der Waals surface area (Å²) in [7, 11) is 0. The van der Waals surface area contributed by atoms with Gasteiger partial charge in [-0.2, -0.15) is 5.26 Å². The van der Waals surface area contributed by atoms with E-state index in [1.165, 1.54) is 6.07 Å². The van der Waals surface area contributed by atoms with E-state index in [-0.39, 0.29) is 5.69 Å². The summed E-state index contributed by atoms with van der Waals surface area (Å²) in [5.41, 5.74) is 3.72. The van der Waals surface area contributed by atoms with Crippen LogP contribution in [0.25, 0.3) is 0 Å². The third-order valence-corrected chi connectivity index (χ3v) is 1.79. The summed E-state index contributed by atoms with van der Waals surface area (Å²) < 4.78 is 39.9. The van der Waals surface area contributed by atoms with Crippen molar-refractivity contribution >= 4 is 11.7 Å². The summed E-state index contributed by atoms with van der Waals surface area (Å²) in [6.07, 6.45) is -4.95. The summed E-state index contributed by atoms with van der Waals surface area (Å²) in [6.45, 7) is 0. The highest BCUT2D eigenvalue weighted by atomic mass is 19.4. The zero-order valence-corrected chi connectivity index (χ0v) is 8.65. The van der Waals surface area contributed by atoms with Crippen LogP contribution in [0.5, 0.6) is 5.75 Å². The quantitative estimate of drug-likeness (QED) is 0.841. The average molecular weight is 261 g/mol. The Morgan fingerprint density at radius 2 is 2.22 bits per heavy atom. The molecule has 0 radical (unpaired) electrons. The number of carbonyl (C=O) groups is 1. The van der Waals surface area contributed by atoms with Crippen molar-refractivity contribution in [1.82, 2.24) is 4.98 Å². The van der Waals surface area contributed by atoms with Gasteiger partial charge in [0.2, 0.25) is 0 Å². The van der Waals surface area contributed by atoms with Gasteiger partial charge in [0.05, 0.1) is 24.0 Å². The van der Waals surface area contributed by atoms with Crippen molar-refractivity contribution in [3.05, 3.63) is 17.5 Å². The number of nitrogens with zero attached hydrogens (tertiary/aromatic N) is 2. The maximum atomic E-state index is 12.1. The molecule has 6 nitrogen and oxygen atoms in total. The van der Waals surface area contributed by atoms with E-state index in [1.807, 2.05) is 0 Å². The van der Waals surface area contributed by atoms with E-state index in [1.54, 1.807) is 0 Å². The molecule has 0 aliphatic rings. The molecule has 0 aliphatic heterocycles. The SMILES string of the molecule is N#Cc1c(CC(=O)O)ncc(N)c1OC(F)(F)F. The minimum atomic E-state index is -5.04. The van der Waals surface area contributed by atoms with Crippen LogP contribution in [0.4, 0.5) is 18.9 Å². The van der Waals surface area contributed by atoms with E-state index in [9.17, 15) is 18.0 Å². The Morgan fingerprint density at radius 3 is 2.67 bits per heavy atom. The van der Waals surface area contributed by atoms with E-state index in [0.29, 0.717) is 0 Å². The summed E-state index contributed by atoms with van der Waals surface area (Å²) >= 11 is 0. The Morgan fingerprint density at radius 1 is 1.61 bits per heavy atom. The lowest BCUT2D eigenvalue weighted by molar-refractivity contribution is -0.274. The van der Waals surface area contributed by atoms with E-state index in [2.05, 4.69) is 9.72 Å². The Hall–Kier alpha value is -2.50. The van der Waals surface area contributed by atoms with Gasteiger partial charge < -0.3 is 15.6 Å². The standard InChI is InChI=1S/C9H6F3N3O3/c10-9(11,12)18-8-4(2-13)6(1-7(16)17)15-3-5(8)14/h3H,1,14H2,(H,16,17). The predicted octanol–water partition coefficient (Wildman–Crippen LogP) is 1.06. The van der Waals surface area contributed by atoms with Crippen LogP contribution in [0.1, 0.15) is 11.3 Å². The highest BCUT2D eigenvalue weighted by Crippen LogP contribution is 2.32. The Kier molecular flexibility index (Phi) is 3.61. The molecule has 1 heterocycles. The first-order valence-electron chi connectivity index (χ1n) is 4.39. The van der Waals surface area contributed by atoms with Crippen molar-refractivity contribution in [2.24, 2.45) is 0 Å². The molecule has 0 amide bonds. The van der Waals surface area contributed by atoms with Gasteiger partial charge in [-0.05, 0) is 0 Å². The number of aliphatic carboxylic acids is 1. The molecule has 3 N–H and O–H groups in total. The molecule has 0 fully saturated rings. The van der Waals surface area contributed by atoms with Crippen molar-refractivity contribution in [3.8, 4) is 11.8 Å². The molecule has 0 aromatic carbocycles. The number of carboxylic acids is 1. The first kappa shape index (κ1) is 13.6. The number of rotatable bonds is 3. The van der Waals surface area contributed by atoms with Gasteiger partial charge >= 0.3 is 12.3 Å². The van der Waals surface area contributed by atoms with Crippen molar-refractivity contribution < 1.29 is 27.8 Å². The lowest BCUT2D eigenvalue weighted by Gasteiger charge is -2.13. The summed E-state index contributed by atoms with van der Waals surface area (Å²) in [5.74, 6) is -2.28. The number of nitrogen functional groups attached to an aromatic ring is 1. The molecule has 0 aliphatic carbocycles. The van der Waals surface area contributed by atoms with Crippen molar-refractivity contribution in [2.45, 2.75) is 12.8 Å². The Bertz CT molecular complexity index is 522. The predicted molar refractivity (Wildman–Crippen MR) is 51.4 cm³/mol. The fourth-order valence-electron chi connectivity index (χ4n) is 1.16. The number of hydrogen-bond acceptors (Lipinski definition) is 5. The monoisotopic (exact) mass is 261 g/mol. The molecular formula is C9H6F3N3O3. The molecule has 1 rings (SSSR count). The molecule has 0 bridgehead atoms. The van der Waals surface area contributed by atoms with Gasteiger partial charge in [-0.25, -0.2) is 0 Å². The van der Waals surface area contributed by atoms with Crippen LogP contribution in [-0.4, -0.2) is 22.4 Å². The van der Waals surface area contributed by atoms with Gasteiger partial charge in [0.15, 0.2) is 5.75 Å². The van der Waals surface area contributed by atoms with Crippen LogP contribution in [0.3, 0.4) is 0 Å². The highest BCUT2D eigenvalue weighted by molar-refractivity contribution is 5.72. The summed E-state index contributed by atoms with van der Waals surface area (Å²) in [5, 5.41) is 17.3. The Balaban J connectivity index is 3.31. The molecule has 9 heteroatoms. The number of ether oxygens (including phenoxy) is 1. The van der Waals surface area contributed by atoms with Crippen LogP contribution < -0.4 is 10.5 Å².